The van der Waals surface area contributed by atoms with E-state index in [1.165, 1.54) is 14.7 Å². The molecule has 2 heterocycles. The molecule has 2 aliphatic heterocycles. The monoisotopic (exact) mass is 689 g/mol. The van der Waals surface area contributed by atoms with Crippen molar-refractivity contribution in [1.82, 2.24) is 20.0 Å². The Morgan fingerprint density at radius 1 is 1.00 bits per heavy atom. The molecule has 4 unspecified atom stereocenters. The summed E-state index contributed by atoms with van der Waals surface area (Å²) < 4.78 is 5.49. The fourth-order valence-corrected chi connectivity index (χ4v) is 6.98. The fourth-order valence-electron chi connectivity index (χ4n) is 6.78. The molecule has 0 spiro atoms. The molecule has 0 bridgehead atoms. The number of nitrogens with two attached hydrogens (primary N) is 1. The van der Waals surface area contributed by atoms with Crippen LogP contribution in [0.25, 0.3) is 10.8 Å². The van der Waals surface area contributed by atoms with E-state index in [0.29, 0.717) is 36.4 Å². The van der Waals surface area contributed by atoms with E-state index in [1.807, 2.05) is 49.4 Å². The molecule has 2 saturated heterocycles. The highest BCUT2D eigenvalue weighted by Gasteiger charge is 2.44. The highest BCUT2D eigenvalue weighted by molar-refractivity contribution is 6.30. The smallest absolute Gasteiger partial charge is 0.410 e. The summed E-state index contributed by atoms with van der Waals surface area (Å²) in [5, 5.41) is 5.04. The van der Waals surface area contributed by atoms with E-state index in [4.69, 9.17) is 22.1 Å². The summed E-state index contributed by atoms with van der Waals surface area (Å²) in [6.45, 7) is 7.24. The number of fused-ring (bicyclic) bond motifs is 1. The Labute approximate surface area is 291 Å². The molecular weight excluding hydrogens is 646 g/mol. The molecule has 11 nitrogen and oxygen atoms in total. The summed E-state index contributed by atoms with van der Waals surface area (Å²) in [5.74, 6) is -2.10. The number of carbonyl (C=O) groups excluding carboxylic acids is 5. The van der Waals surface area contributed by atoms with E-state index in [0.717, 1.165) is 16.3 Å². The summed E-state index contributed by atoms with van der Waals surface area (Å²) in [4.78, 5) is 72.2. The molecule has 0 saturated carbocycles. The Morgan fingerprint density at radius 3 is 2.43 bits per heavy atom. The van der Waals surface area contributed by atoms with E-state index < -0.39 is 66.0 Å². The number of ether oxygens (including phenoxy) is 1. The quantitative estimate of drug-likeness (QED) is 0.354. The summed E-state index contributed by atoms with van der Waals surface area (Å²) in [5.41, 5.74) is 6.61. The maximum absolute atomic E-state index is 14.6. The van der Waals surface area contributed by atoms with Crippen molar-refractivity contribution in [3.05, 3.63) is 82.9 Å². The molecule has 260 valence electrons. The van der Waals surface area contributed by atoms with Crippen LogP contribution in [0.3, 0.4) is 0 Å². The molecular formula is C37H44ClN5O6. The van der Waals surface area contributed by atoms with Crippen LogP contribution < -0.4 is 11.1 Å². The number of nitrogens with one attached hydrogen (secondary N) is 1. The number of benzene rings is 3. The Bertz CT molecular complexity index is 1740. The maximum Gasteiger partial charge on any atom is 0.410 e. The van der Waals surface area contributed by atoms with Gasteiger partial charge in [-0.1, -0.05) is 66.2 Å². The number of halogens is 1. The number of hydrogen-bond acceptors (Lipinski definition) is 6. The van der Waals surface area contributed by atoms with Crippen molar-refractivity contribution in [2.24, 2.45) is 5.73 Å². The number of carbonyl (C=O) groups is 5. The first-order valence-corrected chi connectivity index (χ1v) is 17.0. The van der Waals surface area contributed by atoms with Crippen molar-refractivity contribution in [1.29, 1.82) is 0 Å². The number of primary amides is 1. The van der Waals surface area contributed by atoms with E-state index in [-0.39, 0.29) is 13.0 Å². The second kappa shape index (κ2) is 14.9. The van der Waals surface area contributed by atoms with Crippen LogP contribution in [0.2, 0.25) is 5.02 Å². The fraction of sp³-hybridized carbons (Fsp3) is 0.432. The lowest BCUT2D eigenvalue weighted by Crippen LogP contribution is -2.54. The lowest BCUT2D eigenvalue weighted by atomic mass is 9.96. The van der Waals surface area contributed by atoms with Crippen LogP contribution in [-0.4, -0.2) is 87.8 Å². The minimum absolute atomic E-state index is 0.179. The zero-order chi connectivity index (χ0) is 35.5. The molecule has 3 N–H and O–H groups in total. The van der Waals surface area contributed by atoms with Gasteiger partial charge >= 0.3 is 6.09 Å². The van der Waals surface area contributed by atoms with Crippen molar-refractivity contribution in [3.8, 4) is 0 Å². The Balaban J connectivity index is 1.41. The van der Waals surface area contributed by atoms with Crippen LogP contribution in [-0.2, 0) is 30.3 Å². The molecule has 49 heavy (non-hydrogen) atoms. The summed E-state index contributed by atoms with van der Waals surface area (Å²) >= 11 is 6.38. The predicted octanol–water partition coefficient (Wildman–Crippen LogP) is 4.60. The molecule has 0 radical (unpaired) electrons. The third-order valence-electron chi connectivity index (χ3n) is 9.11. The SMILES string of the molecule is CC1CCN(C(Cc2cccc3ccccc23)C(N)=O)C(=O)C(c2cccc(Cl)c2)N1C(=O)CNC(=O)C1CCCN1C(=O)OC(C)(C)C. The Morgan fingerprint density at radius 2 is 1.71 bits per heavy atom. The van der Waals surface area contributed by atoms with Gasteiger partial charge in [-0.05, 0) is 81.0 Å². The van der Waals surface area contributed by atoms with Crippen molar-refractivity contribution in [2.45, 2.75) is 83.1 Å². The van der Waals surface area contributed by atoms with Crippen LogP contribution in [0.1, 0.15) is 64.1 Å². The molecule has 5 amide bonds. The third kappa shape index (κ3) is 8.16. The number of rotatable bonds is 8. The van der Waals surface area contributed by atoms with Crippen LogP contribution >= 0.6 is 11.6 Å². The number of amides is 5. The van der Waals surface area contributed by atoms with E-state index in [9.17, 15) is 24.0 Å². The van der Waals surface area contributed by atoms with Gasteiger partial charge in [-0.25, -0.2) is 4.79 Å². The van der Waals surface area contributed by atoms with Crippen molar-refractivity contribution < 1.29 is 28.7 Å². The van der Waals surface area contributed by atoms with Crippen molar-refractivity contribution in [2.75, 3.05) is 19.6 Å². The molecule has 3 aromatic carbocycles. The van der Waals surface area contributed by atoms with Gasteiger partial charge in [0.25, 0.3) is 5.91 Å². The number of hydrogen-bond donors (Lipinski definition) is 2. The van der Waals surface area contributed by atoms with Crippen LogP contribution in [0.15, 0.2) is 66.7 Å². The van der Waals surface area contributed by atoms with Gasteiger partial charge < -0.3 is 25.6 Å². The Kier molecular flexibility index (Phi) is 10.8. The highest BCUT2D eigenvalue weighted by Crippen LogP contribution is 2.33. The summed E-state index contributed by atoms with van der Waals surface area (Å²) in [6.07, 6.45) is 1.02. The molecule has 4 atom stereocenters. The van der Waals surface area contributed by atoms with Gasteiger partial charge in [0, 0.05) is 30.6 Å². The van der Waals surface area contributed by atoms with Gasteiger partial charge in [0.2, 0.25) is 17.7 Å². The molecule has 5 rings (SSSR count). The number of likely N-dealkylation sites (tertiary alicyclic amines) is 1. The zero-order valence-corrected chi connectivity index (χ0v) is 29.1. The van der Waals surface area contributed by atoms with Crippen LogP contribution in [0, 0.1) is 0 Å². The largest absolute Gasteiger partial charge is 0.444 e. The van der Waals surface area contributed by atoms with Crippen molar-refractivity contribution in [3.63, 3.8) is 0 Å². The van der Waals surface area contributed by atoms with Gasteiger partial charge in [-0.2, -0.15) is 0 Å². The second-order valence-corrected chi connectivity index (χ2v) is 14.2. The van der Waals surface area contributed by atoms with Crippen LogP contribution in [0.5, 0.6) is 0 Å². The van der Waals surface area contributed by atoms with Gasteiger partial charge in [0.1, 0.15) is 23.7 Å². The topological polar surface area (TPSA) is 142 Å². The second-order valence-electron chi connectivity index (χ2n) is 13.7. The van der Waals surface area contributed by atoms with E-state index in [2.05, 4.69) is 5.32 Å². The molecule has 2 aliphatic rings. The van der Waals surface area contributed by atoms with E-state index >= 15 is 0 Å². The van der Waals surface area contributed by atoms with Gasteiger partial charge in [-0.3, -0.25) is 24.1 Å². The standard InChI is InChI=1S/C37H44ClN5O6/c1-23-17-19-41(30(33(39)45)21-25-12-7-11-24-10-5-6-15-28(24)25)35(47)32(26-13-8-14-27(38)20-26)43(23)31(44)22-40-34(46)29-16-9-18-42(29)36(48)49-37(2,3)4/h5-8,10-15,20,23,29-30,32H,9,16-19,21-22H2,1-4H3,(H2,39,45)(H,40,46). The predicted molar refractivity (Wildman–Crippen MR) is 186 cm³/mol. The third-order valence-corrected chi connectivity index (χ3v) is 9.34. The van der Waals surface area contributed by atoms with E-state index in [1.54, 1.807) is 45.0 Å². The first-order chi connectivity index (χ1) is 23.2. The average Bonchev–Trinajstić information content (AvgIpc) is 3.50. The first-order valence-electron chi connectivity index (χ1n) is 16.7. The zero-order valence-electron chi connectivity index (χ0n) is 28.4. The molecule has 3 aromatic rings. The Hall–Kier alpha value is -4.64. The van der Waals surface area contributed by atoms with Crippen LogP contribution in [0.4, 0.5) is 4.79 Å². The molecule has 0 aromatic heterocycles. The summed E-state index contributed by atoms with van der Waals surface area (Å²) in [7, 11) is 0. The molecule has 0 aliphatic carbocycles. The van der Waals surface area contributed by atoms with Gasteiger partial charge in [0.05, 0.1) is 6.54 Å². The first kappa shape index (κ1) is 35.7. The normalized spacial score (nSPS) is 20.6. The minimum Gasteiger partial charge on any atom is -0.444 e. The minimum atomic E-state index is -1.14. The average molecular weight is 690 g/mol. The van der Waals surface area contributed by atoms with Crippen molar-refractivity contribution >= 4 is 52.1 Å². The lowest BCUT2D eigenvalue weighted by molar-refractivity contribution is -0.148. The number of nitrogens with zero attached hydrogens (tertiary/aromatic N) is 3. The lowest BCUT2D eigenvalue weighted by Gasteiger charge is -2.36. The molecule has 2 fully saturated rings. The highest BCUT2D eigenvalue weighted by atomic mass is 35.5. The van der Waals surface area contributed by atoms with Gasteiger partial charge in [-0.15, -0.1) is 0 Å². The molecule has 12 heteroatoms. The van der Waals surface area contributed by atoms with Gasteiger partial charge in [0.15, 0.2) is 0 Å². The maximum atomic E-state index is 14.6. The summed E-state index contributed by atoms with van der Waals surface area (Å²) in [6, 6.07) is 17.0.